The maximum Gasteiger partial charge on any atom is 0.223 e. The fourth-order valence-electron chi connectivity index (χ4n) is 2.20. The molecule has 2 fully saturated rings. The summed E-state index contributed by atoms with van der Waals surface area (Å²) in [7, 11) is 0. The monoisotopic (exact) mass is 196 g/mol. The molecule has 3 nitrogen and oxygen atoms in total. The second kappa shape index (κ2) is 3.23. The van der Waals surface area contributed by atoms with E-state index in [1.807, 2.05) is 0 Å². The molecule has 0 aromatic heterocycles. The summed E-state index contributed by atoms with van der Waals surface area (Å²) < 4.78 is 0. The fraction of sp³-hybridized carbons (Fsp3) is 0.909. The number of carbonyl (C=O) groups excluding carboxylic acids is 1. The van der Waals surface area contributed by atoms with E-state index in [-0.39, 0.29) is 17.2 Å². The van der Waals surface area contributed by atoms with E-state index in [0.29, 0.717) is 12.0 Å². The first-order valence-electron chi connectivity index (χ1n) is 5.52. The van der Waals surface area contributed by atoms with Gasteiger partial charge in [0.1, 0.15) is 0 Å². The van der Waals surface area contributed by atoms with Crippen LogP contribution in [0.2, 0.25) is 0 Å². The van der Waals surface area contributed by atoms with Gasteiger partial charge in [0.15, 0.2) is 0 Å². The zero-order valence-electron chi connectivity index (χ0n) is 9.26. The van der Waals surface area contributed by atoms with Gasteiger partial charge in [-0.3, -0.25) is 4.79 Å². The molecule has 3 heteroatoms. The van der Waals surface area contributed by atoms with Crippen LogP contribution in [0.3, 0.4) is 0 Å². The second-order valence-electron chi connectivity index (χ2n) is 5.50. The number of carbonyl (C=O) groups is 1. The number of nitrogens with one attached hydrogen (secondary N) is 2. The minimum atomic E-state index is 0.249. The highest BCUT2D eigenvalue weighted by Crippen LogP contribution is 2.51. The third kappa shape index (κ3) is 1.78. The Balaban J connectivity index is 1.83. The predicted molar refractivity (Wildman–Crippen MR) is 55.9 cm³/mol. The molecule has 1 aliphatic heterocycles. The summed E-state index contributed by atoms with van der Waals surface area (Å²) in [5.41, 5.74) is 0.249. The highest BCUT2D eigenvalue weighted by Gasteiger charge is 2.51. The molecule has 0 aromatic carbocycles. The Kier molecular flexibility index (Phi) is 2.30. The number of hydrogen-bond donors (Lipinski definition) is 2. The summed E-state index contributed by atoms with van der Waals surface area (Å²) in [4.78, 5) is 11.8. The molecule has 1 aliphatic carbocycles. The topological polar surface area (TPSA) is 41.1 Å². The Morgan fingerprint density at radius 3 is 2.50 bits per heavy atom. The van der Waals surface area contributed by atoms with Crippen molar-refractivity contribution in [2.75, 3.05) is 13.1 Å². The van der Waals surface area contributed by atoms with Gasteiger partial charge in [0.25, 0.3) is 0 Å². The Labute approximate surface area is 85.6 Å². The van der Waals surface area contributed by atoms with Gasteiger partial charge in [-0.2, -0.15) is 0 Å². The summed E-state index contributed by atoms with van der Waals surface area (Å²) in [6, 6.07) is 0.346. The Bertz CT molecular complexity index is 250. The van der Waals surface area contributed by atoms with E-state index < -0.39 is 0 Å². The maximum atomic E-state index is 11.8. The van der Waals surface area contributed by atoms with Crippen molar-refractivity contribution in [1.82, 2.24) is 10.6 Å². The first-order valence-corrected chi connectivity index (χ1v) is 5.52. The van der Waals surface area contributed by atoms with Gasteiger partial charge in [-0.25, -0.2) is 0 Å². The molecule has 3 atom stereocenters. The molecule has 0 spiro atoms. The maximum absolute atomic E-state index is 11.8. The van der Waals surface area contributed by atoms with E-state index in [1.165, 1.54) is 0 Å². The lowest BCUT2D eigenvalue weighted by molar-refractivity contribution is -0.123. The Morgan fingerprint density at radius 2 is 2.07 bits per heavy atom. The lowest BCUT2D eigenvalue weighted by Gasteiger charge is -2.16. The second-order valence-corrected chi connectivity index (χ2v) is 5.50. The molecule has 3 unspecified atom stereocenters. The number of amides is 1. The quantitative estimate of drug-likeness (QED) is 0.684. The standard InChI is InChI=1S/C11H20N2O/c1-7-5-12-6-9(7)13-10(14)8-4-11(8,2)3/h7-9,12H,4-6H2,1-3H3,(H,13,14). The molecule has 0 radical (unpaired) electrons. The summed E-state index contributed by atoms with van der Waals surface area (Å²) in [5, 5.41) is 6.44. The predicted octanol–water partition coefficient (Wildman–Crippen LogP) is 0.757. The van der Waals surface area contributed by atoms with Crippen LogP contribution < -0.4 is 10.6 Å². The molecule has 1 amide bonds. The van der Waals surface area contributed by atoms with Crippen molar-refractivity contribution in [3.05, 3.63) is 0 Å². The molecule has 1 saturated heterocycles. The van der Waals surface area contributed by atoms with Crippen LogP contribution in [0, 0.1) is 17.3 Å². The Hall–Kier alpha value is -0.570. The van der Waals surface area contributed by atoms with E-state index in [2.05, 4.69) is 31.4 Å². The molecule has 2 aliphatic rings. The third-order valence-corrected chi connectivity index (χ3v) is 3.68. The van der Waals surface area contributed by atoms with E-state index >= 15 is 0 Å². The lowest BCUT2D eigenvalue weighted by atomic mass is 10.1. The molecule has 1 heterocycles. The number of hydrogen-bond acceptors (Lipinski definition) is 2. The molecule has 2 rings (SSSR count). The lowest BCUT2D eigenvalue weighted by Crippen LogP contribution is -2.40. The van der Waals surface area contributed by atoms with E-state index in [0.717, 1.165) is 19.5 Å². The highest BCUT2D eigenvalue weighted by molar-refractivity contribution is 5.82. The van der Waals surface area contributed by atoms with Crippen LogP contribution in [-0.4, -0.2) is 25.0 Å². The minimum Gasteiger partial charge on any atom is -0.352 e. The fourth-order valence-corrected chi connectivity index (χ4v) is 2.20. The molecule has 80 valence electrons. The van der Waals surface area contributed by atoms with Crippen molar-refractivity contribution in [1.29, 1.82) is 0 Å². The van der Waals surface area contributed by atoms with Crippen LogP contribution >= 0.6 is 0 Å². The summed E-state index contributed by atoms with van der Waals surface area (Å²) >= 11 is 0. The highest BCUT2D eigenvalue weighted by atomic mass is 16.2. The van der Waals surface area contributed by atoms with Crippen LogP contribution in [0.25, 0.3) is 0 Å². The molecule has 1 saturated carbocycles. The van der Waals surface area contributed by atoms with Crippen LogP contribution in [0.5, 0.6) is 0 Å². The van der Waals surface area contributed by atoms with E-state index in [9.17, 15) is 4.79 Å². The molecule has 2 N–H and O–H groups in total. The van der Waals surface area contributed by atoms with Crippen molar-refractivity contribution in [2.24, 2.45) is 17.3 Å². The van der Waals surface area contributed by atoms with E-state index in [1.54, 1.807) is 0 Å². The molecule has 0 aromatic rings. The van der Waals surface area contributed by atoms with Crippen LogP contribution in [0.15, 0.2) is 0 Å². The van der Waals surface area contributed by atoms with Crippen molar-refractivity contribution in [3.63, 3.8) is 0 Å². The van der Waals surface area contributed by atoms with Gasteiger partial charge in [0.05, 0.1) is 0 Å². The van der Waals surface area contributed by atoms with Gasteiger partial charge < -0.3 is 10.6 Å². The first kappa shape index (κ1) is 9.97. The summed E-state index contributed by atoms with van der Waals surface area (Å²) in [5.74, 6) is 1.09. The zero-order valence-corrected chi connectivity index (χ0v) is 9.26. The van der Waals surface area contributed by atoms with Gasteiger partial charge >= 0.3 is 0 Å². The number of rotatable bonds is 2. The summed E-state index contributed by atoms with van der Waals surface area (Å²) in [6.45, 7) is 8.46. The van der Waals surface area contributed by atoms with Crippen molar-refractivity contribution >= 4 is 5.91 Å². The molecule has 0 bridgehead atoms. The minimum absolute atomic E-state index is 0.249. The molecular weight excluding hydrogens is 176 g/mol. The normalized spacial score (nSPS) is 39.5. The van der Waals surface area contributed by atoms with Crippen LogP contribution in [-0.2, 0) is 4.79 Å². The molecule has 14 heavy (non-hydrogen) atoms. The van der Waals surface area contributed by atoms with Gasteiger partial charge in [-0.05, 0) is 24.3 Å². The largest absolute Gasteiger partial charge is 0.352 e. The van der Waals surface area contributed by atoms with Gasteiger partial charge in [0.2, 0.25) is 5.91 Å². The third-order valence-electron chi connectivity index (χ3n) is 3.68. The molecular formula is C11H20N2O. The van der Waals surface area contributed by atoms with Gasteiger partial charge in [-0.15, -0.1) is 0 Å². The first-order chi connectivity index (χ1) is 6.50. The van der Waals surface area contributed by atoms with Crippen molar-refractivity contribution in [2.45, 2.75) is 33.2 Å². The van der Waals surface area contributed by atoms with Crippen molar-refractivity contribution in [3.8, 4) is 0 Å². The average Bonchev–Trinajstić information content (AvgIpc) is 2.54. The van der Waals surface area contributed by atoms with Crippen LogP contribution in [0.1, 0.15) is 27.2 Å². The summed E-state index contributed by atoms with van der Waals surface area (Å²) in [6.07, 6.45) is 1.05. The van der Waals surface area contributed by atoms with Crippen molar-refractivity contribution < 1.29 is 4.79 Å². The van der Waals surface area contributed by atoms with Gasteiger partial charge in [-0.1, -0.05) is 20.8 Å². The van der Waals surface area contributed by atoms with Gasteiger partial charge in [0, 0.05) is 18.5 Å². The average molecular weight is 196 g/mol. The van der Waals surface area contributed by atoms with Crippen LogP contribution in [0.4, 0.5) is 0 Å². The Morgan fingerprint density at radius 1 is 1.43 bits per heavy atom. The van der Waals surface area contributed by atoms with E-state index in [4.69, 9.17) is 0 Å². The zero-order chi connectivity index (χ0) is 10.3. The SMILES string of the molecule is CC1CNCC1NC(=O)C1CC1(C)C. The smallest absolute Gasteiger partial charge is 0.223 e.